The molecule has 0 unspecified atom stereocenters. The van der Waals surface area contributed by atoms with Crippen molar-refractivity contribution in [3.8, 4) is 0 Å². The first-order chi connectivity index (χ1) is 3.43. The van der Waals surface area contributed by atoms with Gasteiger partial charge in [0.05, 0.1) is 18.5 Å². The number of halogens is 1. The van der Waals surface area contributed by atoms with Crippen molar-refractivity contribution in [1.82, 2.24) is 0 Å². The van der Waals surface area contributed by atoms with Crippen LogP contribution in [0.15, 0.2) is 0 Å². The molecular formula is C4H7BrMgO2. The van der Waals surface area contributed by atoms with E-state index in [-0.39, 0.29) is 29.3 Å². The van der Waals surface area contributed by atoms with Crippen LogP contribution in [0.25, 0.3) is 0 Å². The highest BCUT2D eigenvalue weighted by molar-refractivity contribution is 9.09. The van der Waals surface area contributed by atoms with Crippen LogP contribution < -0.4 is 0 Å². The lowest BCUT2D eigenvalue weighted by atomic mass is 10.8. The molecule has 0 bridgehead atoms. The second kappa shape index (κ2) is 4.99. The Hall–Kier alpha value is 1.17. The summed E-state index contributed by atoms with van der Waals surface area (Å²) < 4.78 is 10.1. The molecule has 1 heterocycles. The van der Waals surface area contributed by atoms with Crippen molar-refractivity contribution in [2.75, 3.05) is 18.5 Å². The maximum absolute atomic E-state index is 5.03. The van der Waals surface area contributed by atoms with E-state index in [0.717, 1.165) is 18.5 Å². The Bertz CT molecular complexity index is 56.0. The van der Waals surface area contributed by atoms with E-state index >= 15 is 0 Å². The van der Waals surface area contributed by atoms with E-state index in [9.17, 15) is 0 Å². The van der Waals surface area contributed by atoms with Crippen molar-refractivity contribution >= 4 is 39.0 Å². The molecule has 1 fully saturated rings. The van der Waals surface area contributed by atoms with E-state index in [2.05, 4.69) is 15.9 Å². The van der Waals surface area contributed by atoms with Crippen LogP contribution in [0, 0.1) is 0 Å². The molecule has 2 radical (unpaired) electrons. The Labute approximate surface area is 73.2 Å². The molecule has 4 heteroatoms. The van der Waals surface area contributed by atoms with E-state index in [0.29, 0.717) is 0 Å². The lowest BCUT2D eigenvalue weighted by molar-refractivity contribution is -0.0205. The van der Waals surface area contributed by atoms with Crippen LogP contribution in [0.2, 0.25) is 0 Å². The molecule has 0 amide bonds. The van der Waals surface area contributed by atoms with E-state index in [1.165, 1.54) is 0 Å². The van der Waals surface area contributed by atoms with Gasteiger partial charge in [-0.3, -0.25) is 0 Å². The van der Waals surface area contributed by atoms with Crippen LogP contribution in [0.3, 0.4) is 0 Å². The van der Waals surface area contributed by atoms with E-state index in [1.54, 1.807) is 0 Å². The summed E-state index contributed by atoms with van der Waals surface area (Å²) in [5.41, 5.74) is 0. The van der Waals surface area contributed by atoms with Crippen LogP contribution in [0.4, 0.5) is 0 Å². The summed E-state index contributed by atoms with van der Waals surface area (Å²) >= 11 is 3.23. The molecule has 1 aliphatic rings. The fraction of sp³-hybridized carbons (Fsp3) is 1.00. The Morgan fingerprint density at radius 2 is 1.88 bits per heavy atom. The van der Waals surface area contributed by atoms with Crippen molar-refractivity contribution in [3.63, 3.8) is 0 Å². The van der Waals surface area contributed by atoms with Gasteiger partial charge in [-0.05, 0) is 0 Å². The SMILES string of the molecule is BrCC1OCCO1.[Mg]. The molecule has 0 aliphatic carbocycles. The third-order valence-electron chi connectivity index (χ3n) is 0.817. The minimum atomic E-state index is 0. The highest BCUT2D eigenvalue weighted by Gasteiger charge is 2.12. The first-order valence-electron chi connectivity index (χ1n) is 2.22. The van der Waals surface area contributed by atoms with Gasteiger partial charge in [-0.1, -0.05) is 15.9 Å². The number of ether oxygens (including phenoxy) is 2. The molecule has 8 heavy (non-hydrogen) atoms. The highest BCUT2D eigenvalue weighted by Crippen LogP contribution is 2.04. The minimum absolute atomic E-state index is 0. The van der Waals surface area contributed by atoms with Gasteiger partial charge in [-0.15, -0.1) is 0 Å². The van der Waals surface area contributed by atoms with Crippen molar-refractivity contribution in [3.05, 3.63) is 0 Å². The Morgan fingerprint density at radius 1 is 1.38 bits per heavy atom. The molecule has 0 saturated carbocycles. The van der Waals surface area contributed by atoms with Crippen molar-refractivity contribution < 1.29 is 9.47 Å². The first-order valence-corrected chi connectivity index (χ1v) is 3.35. The predicted molar refractivity (Wildman–Crippen MR) is 35.2 cm³/mol. The standard InChI is InChI=1S/C4H7BrO2.Mg/c5-3-4-6-1-2-7-4;/h4H,1-3H2;. The lowest BCUT2D eigenvalue weighted by Gasteiger charge is -2.00. The molecule has 2 nitrogen and oxygen atoms in total. The number of hydrogen-bond acceptors (Lipinski definition) is 2. The van der Waals surface area contributed by atoms with Gasteiger partial charge in [0.25, 0.3) is 0 Å². The van der Waals surface area contributed by atoms with Crippen molar-refractivity contribution in [2.45, 2.75) is 6.29 Å². The third kappa shape index (κ3) is 2.64. The van der Waals surface area contributed by atoms with Gasteiger partial charge in [0.2, 0.25) is 0 Å². The largest absolute Gasteiger partial charge is 0.349 e. The summed E-state index contributed by atoms with van der Waals surface area (Å²) in [7, 11) is 0. The molecular weight excluding hydrogens is 184 g/mol. The van der Waals surface area contributed by atoms with Crippen LogP contribution in [0.1, 0.15) is 0 Å². The maximum Gasteiger partial charge on any atom is 0.167 e. The average Bonchev–Trinajstić information content (AvgIpc) is 2.14. The zero-order valence-corrected chi connectivity index (χ0v) is 7.60. The monoisotopic (exact) mass is 190 g/mol. The van der Waals surface area contributed by atoms with Crippen LogP contribution in [0.5, 0.6) is 0 Å². The van der Waals surface area contributed by atoms with Crippen LogP contribution in [-0.2, 0) is 9.47 Å². The van der Waals surface area contributed by atoms with Crippen LogP contribution in [-0.4, -0.2) is 47.9 Å². The minimum Gasteiger partial charge on any atom is -0.349 e. The Kier molecular flexibility index (Phi) is 5.72. The quantitative estimate of drug-likeness (QED) is 0.440. The van der Waals surface area contributed by atoms with Gasteiger partial charge in [0, 0.05) is 23.1 Å². The van der Waals surface area contributed by atoms with Gasteiger partial charge in [0.1, 0.15) is 0 Å². The van der Waals surface area contributed by atoms with Crippen molar-refractivity contribution in [2.24, 2.45) is 0 Å². The molecule has 0 spiro atoms. The molecule has 0 atom stereocenters. The smallest absolute Gasteiger partial charge is 0.167 e. The molecule has 44 valence electrons. The van der Waals surface area contributed by atoms with Crippen LogP contribution >= 0.6 is 15.9 Å². The number of hydrogen-bond donors (Lipinski definition) is 0. The molecule has 0 aromatic heterocycles. The number of alkyl halides is 1. The summed E-state index contributed by atoms with van der Waals surface area (Å²) in [5, 5.41) is 0.785. The van der Waals surface area contributed by atoms with Gasteiger partial charge >= 0.3 is 0 Å². The molecule has 1 aliphatic heterocycles. The Morgan fingerprint density at radius 3 is 2.12 bits per heavy atom. The zero-order chi connectivity index (χ0) is 5.11. The van der Waals surface area contributed by atoms with Crippen molar-refractivity contribution in [1.29, 1.82) is 0 Å². The van der Waals surface area contributed by atoms with E-state index in [4.69, 9.17) is 9.47 Å². The molecule has 0 N–H and O–H groups in total. The summed E-state index contributed by atoms with van der Waals surface area (Å²) in [6, 6.07) is 0. The van der Waals surface area contributed by atoms with E-state index < -0.39 is 0 Å². The van der Waals surface area contributed by atoms with Gasteiger partial charge in [-0.2, -0.15) is 0 Å². The Balaban J connectivity index is 0.000000490. The maximum atomic E-state index is 5.03. The van der Waals surface area contributed by atoms with Gasteiger partial charge in [0.15, 0.2) is 6.29 Å². The highest BCUT2D eigenvalue weighted by atomic mass is 79.9. The molecule has 0 aromatic carbocycles. The topological polar surface area (TPSA) is 18.5 Å². The fourth-order valence-electron chi connectivity index (χ4n) is 0.496. The summed E-state index contributed by atoms with van der Waals surface area (Å²) in [4.78, 5) is 0. The predicted octanol–water partition coefficient (Wildman–Crippen LogP) is 0.373. The summed E-state index contributed by atoms with van der Waals surface area (Å²) in [6.45, 7) is 1.49. The van der Waals surface area contributed by atoms with Gasteiger partial charge in [-0.25, -0.2) is 0 Å². The second-order valence-corrected chi connectivity index (χ2v) is 1.97. The van der Waals surface area contributed by atoms with Gasteiger partial charge < -0.3 is 9.47 Å². The zero-order valence-electron chi connectivity index (χ0n) is 4.60. The lowest BCUT2D eigenvalue weighted by Crippen LogP contribution is -2.07. The average molecular weight is 191 g/mol. The first kappa shape index (κ1) is 9.17. The third-order valence-corrected chi connectivity index (χ3v) is 1.35. The summed E-state index contributed by atoms with van der Waals surface area (Å²) in [5.74, 6) is 0. The molecule has 1 saturated heterocycles. The normalized spacial score (nSPS) is 20.6. The van der Waals surface area contributed by atoms with E-state index in [1.807, 2.05) is 0 Å². The second-order valence-electron chi connectivity index (χ2n) is 1.33. The molecule has 0 aromatic rings. The number of rotatable bonds is 1. The fourth-order valence-corrected chi connectivity index (χ4v) is 0.870. The molecule has 1 rings (SSSR count). The summed E-state index contributed by atoms with van der Waals surface area (Å²) in [6.07, 6.45) is 0.0139.